The minimum Gasteiger partial charge on any atom is -0.378 e. The van der Waals surface area contributed by atoms with E-state index in [9.17, 15) is 9.59 Å². The first-order chi connectivity index (χ1) is 11.2. The Bertz CT molecular complexity index is 708. The second-order valence-electron chi connectivity index (χ2n) is 5.17. The Morgan fingerprint density at radius 2 is 2.22 bits per heavy atom. The summed E-state index contributed by atoms with van der Waals surface area (Å²) in [7, 11) is 0. The maximum Gasteiger partial charge on any atom is 0.269 e. The molecule has 1 fully saturated rings. The Morgan fingerprint density at radius 1 is 1.39 bits per heavy atom. The van der Waals surface area contributed by atoms with E-state index in [1.807, 2.05) is 17.5 Å². The van der Waals surface area contributed by atoms with Crippen LogP contribution < -0.4 is 15.8 Å². The topological polar surface area (TPSA) is 76.5 Å². The van der Waals surface area contributed by atoms with Crippen LogP contribution in [-0.4, -0.2) is 42.0 Å². The highest BCUT2D eigenvalue weighted by Crippen LogP contribution is 2.11. The average Bonchev–Trinajstić information content (AvgIpc) is 3.09. The van der Waals surface area contributed by atoms with Crippen molar-refractivity contribution in [2.75, 3.05) is 31.2 Å². The zero-order valence-electron chi connectivity index (χ0n) is 12.6. The molecule has 0 spiro atoms. The number of thiophene rings is 1. The van der Waals surface area contributed by atoms with Gasteiger partial charge in [0.2, 0.25) is 5.91 Å². The van der Waals surface area contributed by atoms with Gasteiger partial charge in [0.25, 0.3) is 5.56 Å². The molecule has 1 N–H and O–H groups in total. The second kappa shape index (κ2) is 7.38. The van der Waals surface area contributed by atoms with E-state index in [1.54, 1.807) is 17.5 Å². The maximum atomic E-state index is 12.1. The molecule has 3 heterocycles. The summed E-state index contributed by atoms with van der Waals surface area (Å²) in [4.78, 5) is 27.2. The van der Waals surface area contributed by atoms with E-state index in [0.717, 1.165) is 23.7 Å². The summed E-state index contributed by atoms with van der Waals surface area (Å²) in [6, 6.07) is 5.40. The van der Waals surface area contributed by atoms with Gasteiger partial charge in [-0.2, -0.15) is 5.10 Å². The third-order valence-electron chi connectivity index (χ3n) is 3.56. The predicted octanol–water partition coefficient (Wildman–Crippen LogP) is 0.458. The highest BCUT2D eigenvalue weighted by molar-refractivity contribution is 7.09. The van der Waals surface area contributed by atoms with Gasteiger partial charge in [0, 0.05) is 24.0 Å². The smallest absolute Gasteiger partial charge is 0.269 e. The van der Waals surface area contributed by atoms with Crippen molar-refractivity contribution in [2.45, 2.75) is 13.1 Å². The number of carbonyl (C=O) groups excluding carboxylic acids is 1. The van der Waals surface area contributed by atoms with Crippen LogP contribution in [0.15, 0.2) is 34.6 Å². The molecule has 0 bridgehead atoms. The monoisotopic (exact) mass is 334 g/mol. The maximum absolute atomic E-state index is 12.1. The fourth-order valence-electron chi connectivity index (χ4n) is 2.33. The molecule has 1 amide bonds. The minimum atomic E-state index is -0.278. The van der Waals surface area contributed by atoms with Crippen LogP contribution in [0.25, 0.3) is 0 Å². The second-order valence-corrected chi connectivity index (χ2v) is 6.20. The Balaban J connectivity index is 1.59. The Labute approximate surface area is 137 Å². The molecule has 3 rings (SSSR count). The first-order valence-corrected chi connectivity index (χ1v) is 8.29. The molecule has 0 saturated carbocycles. The van der Waals surface area contributed by atoms with Crippen molar-refractivity contribution in [3.63, 3.8) is 0 Å². The van der Waals surface area contributed by atoms with Crippen LogP contribution in [0.4, 0.5) is 5.69 Å². The van der Waals surface area contributed by atoms with E-state index in [0.29, 0.717) is 19.8 Å². The molecule has 1 aliphatic rings. The van der Waals surface area contributed by atoms with Gasteiger partial charge in [-0.1, -0.05) is 6.07 Å². The van der Waals surface area contributed by atoms with Crippen LogP contribution in [0.5, 0.6) is 0 Å². The molecule has 1 saturated heterocycles. The fraction of sp³-hybridized carbons (Fsp3) is 0.400. The van der Waals surface area contributed by atoms with Crippen molar-refractivity contribution in [3.8, 4) is 0 Å². The number of nitrogens with zero attached hydrogens (tertiary/aromatic N) is 3. The number of nitrogens with one attached hydrogen (secondary N) is 1. The van der Waals surface area contributed by atoms with E-state index < -0.39 is 0 Å². The molecule has 0 unspecified atom stereocenters. The summed E-state index contributed by atoms with van der Waals surface area (Å²) in [6.45, 7) is 3.17. The van der Waals surface area contributed by atoms with E-state index in [2.05, 4.69) is 15.3 Å². The molecular weight excluding hydrogens is 316 g/mol. The normalized spacial score (nSPS) is 14.7. The lowest BCUT2D eigenvalue weighted by molar-refractivity contribution is -0.122. The lowest BCUT2D eigenvalue weighted by atomic mass is 10.3. The average molecular weight is 334 g/mol. The van der Waals surface area contributed by atoms with Crippen LogP contribution in [-0.2, 0) is 22.6 Å². The molecule has 2 aromatic heterocycles. The van der Waals surface area contributed by atoms with Gasteiger partial charge in [-0.15, -0.1) is 11.3 Å². The minimum absolute atomic E-state index is 0.0758. The van der Waals surface area contributed by atoms with Crippen molar-refractivity contribution < 1.29 is 9.53 Å². The predicted molar refractivity (Wildman–Crippen MR) is 87.7 cm³/mol. The molecule has 23 heavy (non-hydrogen) atoms. The summed E-state index contributed by atoms with van der Waals surface area (Å²) < 4.78 is 6.46. The van der Waals surface area contributed by atoms with Gasteiger partial charge >= 0.3 is 0 Å². The van der Waals surface area contributed by atoms with Crippen molar-refractivity contribution in [1.82, 2.24) is 15.1 Å². The van der Waals surface area contributed by atoms with Crippen LogP contribution in [0.2, 0.25) is 0 Å². The van der Waals surface area contributed by atoms with E-state index in [1.165, 1.54) is 10.7 Å². The number of amides is 1. The number of hydrogen-bond donors (Lipinski definition) is 1. The van der Waals surface area contributed by atoms with Crippen LogP contribution in [0.1, 0.15) is 4.88 Å². The lowest BCUT2D eigenvalue weighted by Gasteiger charge is -2.28. The van der Waals surface area contributed by atoms with Crippen molar-refractivity contribution >= 4 is 22.9 Å². The first kappa shape index (κ1) is 15.7. The van der Waals surface area contributed by atoms with Gasteiger partial charge in [0.1, 0.15) is 6.54 Å². The van der Waals surface area contributed by atoms with E-state index >= 15 is 0 Å². The van der Waals surface area contributed by atoms with Crippen LogP contribution >= 0.6 is 11.3 Å². The molecule has 0 radical (unpaired) electrons. The fourth-order valence-corrected chi connectivity index (χ4v) is 2.97. The third-order valence-corrected chi connectivity index (χ3v) is 4.44. The van der Waals surface area contributed by atoms with E-state index in [-0.39, 0.29) is 18.0 Å². The van der Waals surface area contributed by atoms with Crippen LogP contribution in [0, 0.1) is 0 Å². The van der Waals surface area contributed by atoms with Crippen molar-refractivity contribution in [2.24, 2.45) is 0 Å². The summed E-state index contributed by atoms with van der Waals surface area (Å²) in [6.07, 6.45) is 1.62. The number of rotatable bonds is 5. The molecule has 7 nitrogen and oxygen atoms in total. The molecule has 1 aliphatic heterocycles. The molecule has 0 aliphatic carbocycles. The molecule has 0 aromatic carbocycles. The first-order valence-electron chi connectivity index (χ1n) is 7.41. The Hall–Kier alpha value is -2.19. The Morgan fingerprint density at radius 3 is 2.91 bits per heavy atom. The van der Waals surface area contributed by atoms with Crippen LogP contribution in [0.3, 0.4) is 0 Å². The number of carbonyl (C=O) groups is 1. The summed E-state index contributed by atoms with van der Waals surface area (Å²) in [5.74, 6) is -0.230. The van der Waals surface area contributed by atoms with Crippen molar-refractivity contribution in [1.29, 1.82) is 0 Å². The number of hydrogen-bond acceptors (Lipinski definition) is 6. The van der Waals surface area contributed by atoms with Gasteiger partial charge in [0.15, 0.2) is 0 Å². The van der Waals surface area contributed by atoms with Gasteiger partial charge < -0.3 is 15.0 Å². The standard InChI is InChI=1S/C15H18N4O3S/c20-14(16-10-13-2-1-7-23-13)11-19-15(21)8-12(9-17-19)18-3-5-22-6-4-18/h1-2,7-9H,3-6,10-11H2,(H,16,20). The highest BCUT2D eigenvalue weighted by Gasteiger charge is 2.13. The highest BCUT2D eigenvalue weighted by atomic mass is 32.1. The lowest BCUT2D eigenvalue weighted by Crippen LogP contribution is -2.38. The SMILES string of the molecule is O=C(Cn1ncc(N2CCOCC2)cc1=O)NCc1cccs1. The zero-order valence-corrected chi connectivity index (χ0v) is 13.4. The quantitative estimate of drug-likeness (QED) is 0.860. The molecule has 2 aromatic rings. The molecular formula is C15H18N4O3S. The molecule has 8 heteroatoms. The number of anilines is 1. The van der Waals surface area contributed by atoms with Gasteiger partial charge in [-0.25, -0.2) is 4.68 Å². The third kappa shape index (κ3) is 4.17. The zero-order chi connectivity index (χ0) is 16.1. The number of morpholine rings is 1. The van der Waals surface area contributed by atoms with Gasteiger partial charge in [0.05, 0.1) is 31.6 Å². The Kier molecular flexibility index (Phi) is 5.04. The summed E-state index contributed by atoms with van der Waals surface area (Å²) in [5, 5.41) is 8.84. The van der Waals surface area contributed by atoms with E-state index in [4.69, 9.17) is 4.74 Å². The van der Waals surface area contributed by atoms with Gasteiger partial charge in [-0.3, -0.25) is 9.59 Å². The van der Waals surface area contributed by atoms with Crippen molar-refractivity contribution in [3.05, 3.63) is 45.0 Å². The molecule has 122 valence electrons. The van der Waals surface area contributed by atoms with Gasteiger partial charge in [-0.05, 0) is 11.4 Å². The number of ether oxygens (including phenoxy) is 1. The summed E-state index contributed by atoms with van der Waals surface area (Å²) in [5.41, 5.74) is 0.494. The molecule has 0 atom stereocenters. The number of aromatic nitrogens is 2. The largest absolute Gasteiger partial charge is 0.378 e. The summed E-state index contributed by atoms with van der Waals surface area (Å²) >= 11 is 1.58.